The van der Waals surface area contributed by atoms with E-state index < -0.39 is 0 Å². The molecule has 0 saturated carbocycles. The zero-order chi connectivity index (χ0) is 14.8. The third-order valence-corrected chi connectivity index (χ3v) is 4.14. The Kier molecular flexibility index (Phi) is 4.01. The summed E-state index contributed by atoms with van der Waals surface area (Å²) < 4.78 is 1.98. The minimum atomic E-state index is 0.323. The molecule has 2 aromatic rings. The largest absolute Gasteiger partial charge is 0.306 e. The molecule has 0 spiro atoms. The molecule has 0 aromatic carbocycles. The van der Waals surface area contributed by atoms with Gasteiger partial charge in [-0.05, 0) is 46.3 Å². The summed E-state index contributed by atoms with van der Waals surface area (Å²) in [5.74, 6) is 0.514. The summed E-state index contributed by atoms with van der Waals surface area (Å²) in [4.78, 5) is 11.7. The van der Waals surface area contributed by atoms with Crippen LogP contribution in [0.25, 0.3) is 11.4 Å². The van der Waals surface area contributed by atoms with Crippen molar-refractivity contribution < 1.29 is 0 Å². The Balaban J connectivity index is 1.82. The van der Waals surface area contributed by atoms with Gasteiger partial charge in [0.1, 0.15) is 5.69 Å². The molecule has 112 valence electrons. The van der Waals surface area contributed by atoms with Crippen molar-refractivity contribution in [2.45, 2.75) is 38.6 Å². The summed E-state index contributed by atoms with van der Waals surface area (Å²) in [6, 6.07) is 2.32. The molecule has 3 rings (SSSR count). The summed E-state index contributed by atoms with van der Waals surface area (Å²) in [6.07, 6.45) is 8.10. The van der Waals surface area contributed by atoms with E-state index in [4.69, 9.17) is 0 Å². The van der Waals surface area contributed by atoms with Gasteiger partial charge in [-0.1, -0.05) is 0 Å². The van der Waals surface area contributed by atoms with Gasteiger partial charge in [0.05, 0.1) is 17.6 Å². The average molecular weight is 285 g/mol. The van der Waals surface area contributed by atoms with Gasteiger partial charge in [-0.2, -0.15) is 5.10 Å². The molecule has 1 fully saturated rings. The maximum absolute atomic E-state index is 4.66. The second-order valence-electron chi connectivity index (χ2n) is 6.18. The van der Waals surface area contributed by atoms with Crippen LogP contribution < -0.4 is 0 Å². The Morgan fingerprint density at radius 3 is 2.76 bits per heavy atom. The second kappa shape index (κ2) is 5.93. The molecule has 0 radical (unpaired) electrons. The molecule has 0 unspecified atom stereocenters. The Bertz CT molecular complexity index is 587. The smallest absolute Gasteiger partial charge is 0.107 e. The standard InChI is InChI=1S/C16H23N5/c1-12(2)21-16(6-7-19-21)15-10-17-14(9-18-15)13-5-4-8-20(3)11-13/h6-7,9-10,12-13H,4-5,8,11H2,1-3H3/t13-/m1/s1. The molecular weight excluding hydrogens is 262 g/mol. The van der Waals surface area contributed by atoms with Crippen LogP contribution in [-0.2, 0) is 0 Å². The molecule has 2 aromatic heterocycles. The highest BCUT2D eigenvalue weighted by Gasteiger charge is 2.20. The normalized spacial score (nSPS) is 20.1. The summed E-state index contributed by atoms with van der Waals surface area (Å²) in [5.41, 5.74) is 3.04. The summed E-state index contributed by atoms with van der Waals surface area (Å²) in [7, 11) is 2.18. The number of rotatable bonds is 3. The van der Waals surface area contributed by atoms with Crippen molar-refractivity contribution in [3.63, 3.8) is 0 Å². The van der Waals surface area contributed by atoms with Gasteiger partial charge in [0.25, 0.3) is 0 Å². The van der Waals surface area contributed by atoms with E-state index >= 15 is 0 Å². The molecule has 0 aliphatic carbocycles. The molecule has 5 nitrogen and oxygen atoms in total. The first-order valence-electron chi connectivity index (χ1n) is 7.69. The van der Waals surface area contributed by atoms with Crippen LogP contribution in [0.3, 0.4) is 0 Å². The first-order valence-corrected chi connectivity index (χ1v) is 7.69. The van der Waals surface area contributed by atoms with E-state index in [0.29, 0.717) is 12.0 Å². The fraction of sp³-hybridized carbons (Fsp3) is 0.562. The van der Waals surface area contributed by atoms with Crippen molar-refractivity contribution >= 4 is 0 Å². The Morgan fingerprint density at radius 2 is 2.10 bits per heavy atom. The predicted molar refractivity (Wildman–Crippen MR) is 83.1 cm³/mol. The molecule has 0 N–H and O–H groups in total. The average Bonchev–Trinajstić information content (AvgIpc) is 2.97. The SMILES string of the molecule is CC(C)n1nccc1-c1cnc([C@@H]2CCCN(C)C2)cn1. The second-order valence-corrected chi connectivity index (χ2v) is 6.18. The van der Waals surface area contributed by atoms with Gasteiger partial charge in [0, 0.05) is 30.9 Å². The number of likely N-dealkylation sites (tertiary alicyclic amines) is 1. The molecule has 0 amide bonds. The van der Waals surface area contributed by atoms with Crippen LogP contribution in [-0.4, -0.2) is 44.8 Å². The highest BCUT2D eigenvalue weighted by Crippen LogP contribution is 2.25. The topological polar surface area (TPSA) is 46.8 Å². The van der Waals surface area contributed by atoms with E-state index in [1.807, 2.05) is 29.3 Å². The summed E-state index contributed by atoms with van der Waals surface area (Å²) in [6.45, 7) is 6.51. The van der Waals surface area contributed by atoms with Gasteiger partial charge < -0.3 is 4.90 Å². The third-order valence-electron chi connectivity index (χ3n) is 4.14. The van der Waals surface area contributed by atoms with Gasteiger partial charge >= 0.3 is 0 Å². The molecule has 0 bridgehead atoms. The number of hydrogen-bond donors (Lipinski definition) is 0. The predicted octanol–water partition coefficient (Wildman–Crippen LogP) is 2.73. The van der Waals surface area contributed by atoms with Crippen LogP contribution in [0.4, 0.5) is 0 Å². The van der Waals surface area contributed by atoms with E-state index in [2.05, 4.69) is 40.9 Å². The van der Waals surface area contributed by atoms with E-state index in [0.717, 1.165) is 23.6 Å². The maximum Gasteiger partial charge on any atom is 0.107 e. The van der Waals surface area contributed by atoms with E-state index in [-0.39, 0.29) is 0 Å². The third kappa shape index (κ3) is 2.97. The lowest BCUT2D eigenvalue weighted by Crippen LogP contribution is -2.31. The molecule has 1 aliphatic rings. The van der Waals surface area contributed by atoms with E-state index in [9.17, 15) is 0 Å². The van der Waals surface area contributed by atoms with Crippen molar-refractivity contribution in [1.29, 1.82) is 0 Å². The van der Waals surface area contributed by atoms with Crippen LogP contribution in [0.5, 0.6) is 0 Å². The first kappa shape index (κ1) is 14.2. The fourth-order valence-corrected chi connectivity index (χ4v) is 3.02. The highest BCUT2D eigenvalue weighted by atomic mass is 15.3. The van der Waals surface area contributed by atoms with Crippen LogP contribution in [0.15, 0.2) is 24.7 Å². The lowest BCUT2D eigenvalue weighted by atomic mass is 9.95. The van der Waals surface area contributed by atoms with Gasteiger partial charge in [-0.3, -0.25) is 14.6 Å². The zero-order valence-corrected chi connectivity index (χ0v) is 13.0. The van der Waals surface area contributed by atoms with Crippen LogP contribution in [0.2, 0.25) is 0 Å². The number of aromatic nitrogens is 4. The summed E-state index contributed by atoms with van der Waals surface area (Å²) >= 11 is 0. The first-order chi connectivity index (χ1) is 10.1. The lowest BCUT2D eigenvalue weighted by Gasteiger charge is -2.29. The number of piperidine rings is 1. The molecule has 1 atom stereocenters. The molecule has 21 heavy (non-hydrogen) atoms. The number of likely N-dealkylation sites (N-methyl/N-ethyl adjacent to an activating group) is 1. The van der Waals surface area contributed by atoms with E-state index in [1.165, 1.54) is 19.4 Å². The number of nitrogens with zero attached hydrogens (tertiary/aromatic N) is 5. The van der Waals surface area contributed by atoms with Crippen LogP contribution in [0, 0.1) is 0 Å². The van der Waals surface area contributed by atoms with Crippen molar-refractivity contribution in [3.8, 4) is 11.4 Å². The van der Waals surface area contributed by atoms with Gasteiger partial charge in [-0.25, -0.2) is 0 Å². The summed E-state index contributed by atoms with van der Waals surface area (Å²) in [5, 5.41) is 4.36. The van der Waals surface area contributed by atoms with Crippen molar-refractivity contribution in [3.05, 3.63) is 30.4 Å². The van der Waals surface area contributed by atoms with Crippen molar-refractivity contribution in [1.82, 2.24) is 24.6 Å². The molecular formula is C16H23N5. The van der Waals surface area contributed by atoms with Crippen molar-refractivity contribution in [2.24, 2.45) is 0 Å². The highest BCUT2D eigenvalue weighted by molar-refractivity contribution is 5.52. The van der Waals surface area contributed by atoms with Gasteiger partial charge in [0.15, 0.2) is 0 Å². The minimum absolute atomic E-state index is 0.323. The molecule has 1 saturated heterocycles. The zero-order valence-electron chi connectivity index (χ0n) is 13.0. The molecule has 1 aliphatic heterocycles. The fourth-order valence-electron chi connectivity index (χ4n) is 3.02. The Labute approximate surface area is 126 Å². The Hall–Kier alpha value is -1.75. The van der Waals surface area contributed by atoms with E-state index in [1.54, 1.807) is 0 Å². The quantitative estimate of drug-likeness (QED) is 0.870. The van der Waals surface area contributed by atoms with Crippen molar-refractivity contribution in [2.75, 3.05) is 20.1 Å². The lowest BCUT2D eigenvalue weighted by molar-refractivity contribution is 0.248. The molecule has 5 heteroatoms. The number of hydrogen-bond acceptors (Lipinski definition) is 4. The monoisotopic (exact) mass is 285 g/mol. The van der Waals surface area contributed by atoms with Crippen LogP contribution in [0.1, 0.15) is 44.3 Å². The maximum atomic E-state index is 4.66. The minimum Gasteiger partial charge on any atom is -0.306 e. The van der Waals surface area contributed by atoms with Gasteiger partial charge in [-0.15, -0.1) is 0 Å². The van der Waals surface area contributed by atoms with Crippen LogP contribution >= 0.6 is 0 Å². The molecule has 3 heterocycles. The Morgan fingerprint density at radius 1 is 1.24 bits per heavy atom. The van der Waals surface area contributed by atoms with Gasteiger partial charge in [0.2, 0.25) is 0 Å².